The van der Waals surface area contributed by atoms with Crippen molar-refractivity contribution in [3.8, 4) is 0 Å². The van der Waals surface area contributed by atoms with Gasteiger partial charge in [0, 0.05) is 29.5 Å². The summed E-state index contributed by atoms with van der Waals surface area (Å²) in [7, 11) is 0. The Bertz CT molecular complexity index is 1240. The minimum atomic E-state index is -1.13. The van der Waals surface area contributed by atoms with E-state index in [1.807, 2.05) is 0 Å². The second kappa shape index (κ2) is 7.75. The number of hydrogen-bond donors (Lipinski definition) is 1. The van der Waals surface area contributed by atoms with Crippen LogP contribution in [0.15, 0.2) is 16.7 Å². The van der Waals surface area contributed by atoms with E-state index in [9.17, 15) is 14.3 Å². The molecule has 7 rings (SSSR count). The number of thiazole rings is 1. The monoisotopic (exact) mass is 483 g/mol. The van der Waals surface area contributed by atoms with Gasteiger partial charge in [-0.1, -0.05) is 16.5 Å². The van der Waals surface area contributed by atoms with E-state index in [2.05, 4.69) is 15.0 Å². The van der Waals surface area contributed by atoms with Crippen molar-refractivity contribution in [2.75, 3.05) is 4.90 Å². The normalized spacial score (nSPS) is 26.5. The second-order valence-corrected chi connectivity index (χ2v) is 11.3. The van der Waals surface area contributed by atoms with E-state index >= 15 is 0 Å². The van der Waals surface area contributed by atoms with Gasteiger partial charge in [-0.3, -0.25) is 0 Å². The minimum absolute atomic E-state index is 0.0415. The molecule has 2 saturated heterocycles. The molecule has 1 N–H and O–H groups in total. The molecule has 2 unspecified atom stereocenters. The summed E-state index contributed by atoms with van der Waals surface area (Å²) < 4.78 is 27.3. The molecule has 178 valence electrons. The van der Waals surface area contributed by atoms with Crippen molar-refractivity contribution in [1.82, 2.24) is 10.1 Å². The van der Waals surface area contributed by atoms with Gasteiger partial charge in [-0.25, -0.2) is 14.2 Å². The lowest BCUT2D eigenvalue weighted by Gasteiger charge is -2.38. The number of carboxylic acids is 1. The standard InChI is InChI=1S/C25H26FN3O4S/c26-19-7-14(24(30)31)8-20-22(19)27-25(34-20)29-15-5-6-16(29)10-17(9-15)32-11-18-21(12-1-2-12)28-33-23(18)13-3-4-13/h7-8,12-13,15-17H,1-6,9-11H2,(H,30,31)/t15-,16?,17?/m0/s1. The summed E-state index contributed by atoms with van der Waals surface area (Å²) in [5.41, 5.74) is 2.55. The number of benzene rings is 1. The van der Waals surface area contributed by atoms with Gasteiger partial charge >= 0.3 is 5.97 Å². The summed E-state index contributed by atoms with van der Waals surface area (Å²) >= 11 is 1.38. The van der Waals surface area contributed by atoms with Crippen molar-refractivity contribution in [2.24, 2.45) is 0 Å². The lowest BCUT2D eigenvalue weighted by molar-refractivity contribution is 0.0142. The van der Waals surface area contributed by atoms with Gasteiger partial charge in [0.15, 0.2) is 10.9 Å². The molecule has 9 heteroatoms. The maximum Gasteiger partial charge on any atom is 0.335 e. The highest BCUT2D eigenvalue weighted by Crippen LogP contribution is 2.48. The summed E-state index contributed by atoms with van der Waals surface area (Å²) in [4.78, 5) is 18.2. The van der Waals surface area contributed by atoms with E-state index in [-0.39, 0.29) is 17.2 Å². The summed E-state index contributed by atoms with van der Waals surface area (Å²) in [5, 5.41) is 14.4. The van der Waals surface area contributed by atoms with Crippen LogP contribution in [0.1, 0.15) is 90.6 Å². The maximum atomic E-state index is 14.5. The van der Waals surface area contributed by atoms with Gasteiger partial charge < -0.3 is 19.3 Å². The number of halogens is 1. The molecule has 4 fully saturated rings. The predicted molar refractivity (Wildman–Crippen MR) is 124 cm³/mol. The van der Waals surface area contributed by atoms with E-state index in [0.717, 1.165) is 48.3 Å². The van der Waals surface area contributed by atoms with Gasteiger partial charge in [-0.05, 0) is 63.5 Å². The van der Waals surface area contributed by atoms with E-state index in [0.29, 0.717) is 35.2 Å². The van der Waals surface area contributed by atoms with Crippen molar-refractivity contribution < 1.29 is 23.6 Å². The van der Waals surface area contributed by atoms with Crippen LogP contribution in [0.3, 0.4) is 0 Å². The molecule has 0 amide bonds. The number of rotatable bonds is 7. The largest absolute Gasteiger partial charge is 0.478 e. The Balaban J connectivity index is 1.08. The summed E-state index contributed by atoms with van der Waals surface area (Å²) in [6.07, 6.45) is 8.90. The topological polar surface area (TPSA) is 88.7 Å². The van der Waals surface area contributed by atoms with Crippen LogP contribution < -0.4 is 4.90 Å². The third-order valence-corrected chi connectivity index (χ3v) is 8.84. The number of fused-ring (bicyclic) bond motifs is 3. The van der Waals surface area contributed by atoms with Crippen LogP contribution in [0.4, 0.5) is 9.52 Å². The number of nitrogens with zero attached hydrogens (tertiary/aromatic N) is 3. The number of carbonyl (C=O) groups is 1. The average Bonchev–Trinajstić information content (AvgIpc) is 3.74. The zero-order valence-electron chi connectivity index (χ0n) is 18.7. The van der Waals surface area contributed by atoms with Crippen molar-refractivity contribution in [1.29, 1.82) is 0 Å². The van der Waals surface area contributed by atoms with Crippen LogP contribution in [-0.4, -0.2) is 39.4 Å². The molecule has 0 radical (unpaired) electrons. The van der Waals surface area contributed by atoms with Crippen molar-refractivity contribution in [3.05, 3.63) is 40.5 Å². The Hall–Kier alpha value is -2.52. The van der Waals surface area contributed by atoms with Crippen molar-refractivity contribution in [3.63, 3.8) is 0 Å². The molecule has 2 aliphatic carbocycles. The highest BCUT2D eigenvalue weighted by Gasteiger charge is 2.43. The van der Waals surface area contributed by atoms with Crippen LogP contribution in [0.5, 0.6) is 0 Å². The zero-order valence-corrected chi connectivity index (χ0v) is 19.5. The molecule has 0 spiro atoms. The van der Waals surface area contributed by atoms with Gasteiger partial charge in [-0.2, -0.15) is 0 Å². The van der Waals surface area contributed by atoms with Crippen LogP contribution in [0.25, 0.3) is 10.2 Å². The van der Waals surface area contributed by atoms with Crippen molar-refractivity contribution >= 4 is 32.7 Å². The third kappa shape index (κ3) is 3.51. The number of hydrogen-bond acceptors (Lipinski definition) is 7. The first-order valence-corrected chi connectivity index (χ1v) is 13.1. The zero-order chi connectivity index (χ0) is 23.0. The van der Waals surface area contributed by atoms with Crippen molar-refractivity contribution in [2.45, 2.75) is 88.0 Å². The van der Waals surface area contributed by atoms with E-state index in [1.54, 1.807) is 0 Å². The molecule has 1 aromatic carbocycles. The maximum absolute atomic E-state index is 14.5. The number of aromatic nitrogens is 2. The summed E-state index contributed by atoms with van der Waals surface area (Å²) in [5.74, 6) is 0.428. The number of anilines is 1. The Labute approximate surface area is 199 Å². The highest BCUT2D eigenvalue weighted by molar-refractivity contribution is 7.22. The third-order valence-electron chi connectivity index (χ3n) is 7.82. The summed E-state index contributed by atoms with van der Waals surface area (Å²) in [6.45, 7) is 0.579. The molecule has 2 bridgehead atoms. The van der Waals surface area contributed by atoms with E-state index < -0.39 is 11.8 Å². The van der Waals surface area contributed by atoms with Crippen LogP contribution in [-0.2, 0) is 11.3 Å². The van der Waals surface area contributed by atoms with Crippen LogP contribution in [0.2, 0.25) is 0 Å². The molecule has 2 aliphatic heterocycles. The number of carboxylic acid groups (broad SMARTS) is 1. The van der Waals surface area contributed by atoms with Crippen LogP contribution in [0, 0.1) is 5.82 Å². The average molecular weight is 484 g/mol. The van der Waals surface area contributed by atoms with Gasteiger partial charge in [0.2, 0.25) is 0 Å². The molecule has 2 saturated carbocycles. The van der Waals surface area contributed by atoms with Crippen LogP contribution >= 0.6 is 11.3 Å². The molecule has 34 heavy (non-hydrogen) atoms. The van der Waals surface area contributed by atoms with Gasteiger partial charge in [0.05, 0.1) is 28.7 Å². The Morgan fingerprint density at radius 1 is 1.15 bits per heavy atom. The molecule has 3 atom stereocenters. The first kappa shape index (κ1) is 20.8. The first-order chi connectivity index (χ1) is 16.5. The summed E-state index contributed by atoms with van der Waals surface area (Å²) in [6, 6.07) is 3.19. The molecule has 2 aromatic heterocycles. The molecular formula is C25H26FN3O4S. The van der Waals surface area contributed by atoms with Gasteiger partial charge in [0.25, 0.3) is 0 Å². The first-order valence-electron chi connectivity index (χ1n) is 12.3. The molecule has 4 aliphatic rings. The van der Waals surface area contributed by atoms with Gasteiger partial charge in [0.1, 0.15) is 11.3 Å². The van der Waals surface area contributed by atoms with Gasteiger partial charge in [-0.15, -0.1) is 0 Å². The highest BCUT2D eigenvalue weighted by atomic mass is 32.1. The lowest BCUT2D eigenvalue weighted by atomic mass is 10.00. The SMILES string of the molecule is O=C(O)c1cc(F)c2nc(N3C4CC[C@H]3CC(OCc3c(C5CC5)noc3C3CC3)C4)sc2c1. The Morgan fingerprint density at radius 3 is 2.56 bits per heavy atom. The number of ether oxygens (including phenoxy) is 1. The molecule has 4 heterocycles. The molecule has 3 aromatic rings. The number of aromatic carboxylic acids is 1. The smallest absolute Gasteiger partial charge is 0.335 e. The minimum Gasteiger partial charge on any atom is -0.478 e. The fourth-order valence-electron chi connectivity index (χ4n) is 5.81. The fraction of sp³-hybridized carbons (Fsp3) is 0.560. The molecular weight excluding hydrogens is 457 g/mol. The Kier molecular flexibility index (Phi) is 4.74. The fourth-order valence-corrected chi connectivity index (χ4v) is 6.97. The Morgan fingerprint density at radius 2 is 1.88 bits per heavy atom. The lowest BCUT2D eigenvalue weighted by Crippen LogP contribution is -2.45. The quantitative estimate of drug-likeness (QED) is 0.468. The number of piperidine rings is 1. The van der Waals surface area contributed by atoms with E-state index in [1.165, 1.54) is 48.6 Å². The molecule has 7 nitrogen and oxygen atoms in total. The predicted octanol–water partition coefficient (Wildman–Crippen LogP) is 5.59. The second-order valence-electron chi connectivity index (χ2n) is 10.3. The van der Waals surface area contributed by atoms with E-state index in [4.69, 9.17) is 9.26 Å².